The first-order valence-electron chi connectivity index (χ1n) is 4.44. The molecule has 2 aromatic rings. The predicted molar refractivity (Wildman–Crippen MR) is 60.0 cm³/mol. The predicted octanol–water partition coefficient (Wildman–Crippen LogP) is 2.30. The van der Waals surface area contributed by atoms with Crippen molar-refractivity contribution in [2.75, 3.05) is 0 Å². The zero-order chi connectivity index (χ0) is 11.0. The van der Waals surface area contributed by atoms with Crippen LogP contribution in [0.15, 0.2) is 24.4 Å². The van der Waals surface area contributed by atoms with Gasteiger partial charge in [-0.15, -0.1) is 0 Å². The molecule has 3 nitrogen and oxygen atoms in total. The number of amides is 1. The first-order valence-corrected chi connectivity index (χ1v) is 4.82. The number of halogens is 1. The highest BCUT2D eigenvalue weighted by Gasteiger charge is 2.10. The minimum absolute atomic E-state index is 0.362. The Morgan fingerprint density at radius 3 is 2.87 bits per heavy atom. The number of hydrogen-bond acceptors (Lipinski definition) is 2. The average Bonchev–Trinajstić information content (AvgIpc) is 2.18. The van der Waals surface area contributed by atoms with E-state index in [1.807, 2.05) is 13.0 Å². The Labute approximate surface area is 91.9 Å². The molecular weight excluding hydrogens is 212 g/mol. The number of rotatable bonds is 1. The quantitative estimate of drug-likeness (QED) is 0.802. The summed E-state index contributed by atoms with van der Waals surface area (Å²) in [6.07, 6.45) is 1.65. The van der Waals surface area contributed by atoms with Gasteiger partial charge in [-0.2, -0.15) is 0 Å². The van der Waals surface area contributed by atoms with Gasteiger partial charge in [-0.25, -0.2) is 0 Å². The van der Waals surface area contributed by atoms with E-state index in [1.165, 1.54) is 0 Å². The number of nitrogens with two attached hydrogens (primary N) is 1. The minimum atomic E-state index is -0.513. The van der Waals surface area contributed by atoms with E-state index in [4.69, 9.17) is 17.3 Å². The molecule has 15 heavy (non-hydrogen) atoms. The van der Waals surface area contributed by atoms with E-state index in [2.05, 4.69) is 4.98 Å². The van der Waals surface area contributed by atoms with Gasteiger partial charge in [0.05, 0.1) is 11.1 Å². The molecule has 0 saturated carbocycles. The SMILES string of the molecule is Cc1ccnc2c(C(N)=O)cc(Cl)cc12. The molecule has 0 aliphatic rings. The standard InChI is InChI=1S/C11H9ClN2O/c1-6-2-3-14-10-8(6)4-7(12)5-9(10)11(13)15/h2-5H,1H3,(H2,13,15). The lowest BCUT2D eigenvalue weighted by molar-refractivity contribution is 0.100. The fourth-order valence-corrected chi connectivity index (χ4v) is 1.76. The summed E-state index contributed by atoms with van der Waals surface area (Å²) in [7, 11) is 0. The van der Waals surface area contributed by atoms with Crippen LogP contribution in [0, 0.1) is 6.92 Å². The summed E-state index contributed by atoms with van der Waals surface area (Å²) >= 11 is 5.90. The van der Waals surface area contributed by atoms with Gasteiger partial charge in [0.1, 0.15) is 0 Å². The van der Waals surface area contributed by atoms with Crippen molar-refractivity contribution in [2.45, 2.75) is 6.92 Å². The molecular formula is C11H9ClN2O. The van der Waals surface area contributed by atoms with Gasteiger partial charge in [0.2, 0.25) is 0 Å². The van der Waals surface area contributed by atoms with Crippen LogP contribution in [0.2, 0.25) is 5.02 Å². The van der Waals surface area contributed by atoms with E-state index < -0.39 is 5.91 Å². The maximum Gasteiger partial charge on any atom is 0.250 e. The maximum atomic E-state index is 11.2. The van der Waals surface area contributed by atoms with Crippen molar-refractivity contribution in [3.05, 3.63) is 40.5 Å². The molecule has 1 aromatic heterocycles. The third kappa shape index (κ3) is 1.66. The number of benzene rings is 1. The lowest BCUT2D eigenvalue weighted by atomic mass is 10.1. The molecule has 4 heteroatoms. The van der Waals surface area contributed by atoms with E-state index in [-0.39, 0.29) is 0 Å². The van der Waals surface area contributed by atoms with Crippen molar-refractivity contribution in [1.82, 2.24) is 4.98 Å². The summed E-state index contributed by atoms with van der Waals surface area (Å²) in [5, 5.41) is 1.35. The van der Waals surface area contributed by atoms with E-state index in [9.17, 15) is 4.79 Å². The van der Waals surface area contributed by atoms with Crippen LogP contribution in [-0.4, -0.2) is 10.9 Å². The van der Waals surface area contributed by atoms with Gasteiger partial charge in [-0.3, -0.25) is 9.78 Å². The largest absolute Gasteiger partial charge is 0.366 e. The summed E-state index contributed by atoms with van der Waals surface area (Å²) in [6, 6.07) is 5.19. The van der Waals surface area contributed by atoms with Crippen LogP contribution in [0.25, 0.3) is 10.9 Å². The van der Waals surface area contributed by atoms with E-state index in [0.29, 0.717) is 16.1 Å². The highest BCUT2D eigenvalue weighted by atomic mass is 35.5. The highest BCUT2D eigenvalue weighted by Crippen LogP contribution is 2.24. The first kappa shape index (κ1) is 9.93. The Hall–Kier alpha value is -1.61. The number of nitrogens with zero attached hydrogens (tertiary/aromatic N) is 1. The molecule has 0 aliphatic heterocycles. The molecule has 2 rings (SSSR count). The number of fused-ring (bicyclic) bond motifs is 1. The monoisotopic (exact) mass is 220 g/mol. The van der Waals surface area contributed by atoms with Gasteiger partial charge in [0.15, 0.2) is 0 Å². The summed E-state index contributed by atoms with van der Waals surface area (Å²) in [5.41, 5.74) is 7.25. The number of carbonyl (C=O) groups is 1. The molecule has 1 aromatic carbocycles. The van der Waals surface area contributed by atoms with Gasteiger partial charge in [-0.05, 0) is 30.7 Å². The Balaban J connectivity index is 2.92. The Bertz CT molecular complexity index is 552. The zero-order valence-corrected chi connectivity index (χ0v) is 8.88. The molecule has 0 aliphatic carbocycles. The Kier molecular flexibility index (Phi) is 2.32. The van der Waals surface area contributed by atoms with Crippen LogP contribution in [0.4, 0.5) is 0 Å². The third-order valence-corrected chi connectivity index (χ3v) is 2.51. The molecule has 0 fully saturated rings. The molecule has 1 amide bonds. The fourth-order valence-electron chi connectivity index (χ4n) is 1.54. The zero-order valence-electron chi connectivity index (χ0n) is 8.12. The van der Waals surface area contributed by atoms with Gasteiger partial charge < -0.3 is 5.73 Å². The molecule has 0 atom stereocenters. The maximum absolute atomic E-state index is 11.2. The minimum Gasteiger partial charge on any atom is -0.366 e. The summed E-state index contributed by atoms with van der Waals surface area (Å²) in [5.74, 6) is -0.513. The van der Waals surface area contributed by atoms with Crippen molar-refractivity contribution in [3.8, 4) is 0 Å². The first-order chi connectivity index (χ1) is 7.09. The van der Waals surface area contributed by atoms with Crippen LogP contribution < -0.4 is 5.73 Å². The van der Waals surface area contributed by atoms with Crippen LogP contribution in [-0.2, 0) is 0 Å². The second-order valence-corrected chi connectivity index (χ2v) is 3.78. The van der Waals surface area contributed by atoms with Crippen molar-refractivity contribution >= 4 is 28.4 Å². The molecule has 1 heterocycles. The van der Waals surface area contributed by atoms with Crippen LogP contribution in [0.5, 0.6) is 0 Å². The number of pyridine rings is 1. The van der Waals surface area contributed by atoms with Crippen molar-refractivity contribution in [1.29, 1.82) is 0 Å². The highest BCUT2D eigenvalue weighted by molar-refractivity contribution is 6.32. The second kappa shape index (κ2) is 3.51. The van der Waals surface area contributed by atoms with Gasteiger partial charge in [-0.1, -0.05) is 11.6 Å². The molecule has 0 bridgehead atoms. The lowest BCUT2D eigenvalue weighted by Crippen LogP contribution is -2.12. The Morgan fingerprint density at radius 2 is 2.20 bits per heavy atom. The fraction of sp³-hybridized carbons (Fsp3) is 0.0909. The van der Waals surface area contributed by atoms with Gasteiger partial charge in [0, 0.05) is 16.6 Å². The molecule has 0 saturated heterocycles. The molecule has 0 unspecified atom stereocenters. The van der Waals surface area contributed by atoms with E-state index in [1.54, 1.807) is 18.3 Å². The number of primary amides is 1. The lowest BCUT2D eigenvalue weighted by Gasteiger charge is -2.05. The second-order valence-electron chi connectivity index (χ2n) is 3.34. The normalized spacial score (nSPS) is 10.5. The average molecular weight is 221 g/mol. The number of hydrogen-bond donors (Lipinski definition) is 1. The van der Waals surface area contributed by atoms with Crippen molar-refractivity contribution in [3.63, 3.8) is 0 Å². The number of carbonyl (C=O) groups excluding carboxylic acids is 1. The molecule has 76 valence electrons. The van der Waals surface area contributed by atoms with Crippen molar-refractivity contribution in [2.24, 2.45) is 5.73 Å². The molecule has 0 radical (unpaired) electrons. The van der Waals surface area contributed by atoms with Crippen LogP contribution >= 0.6 is 11.6 Å². The van der Waals surface area contributed by atoms with Crippen LogP contribution in [0.3, 0.4) is 0 Å². The van der Waals surface area contributed by atoms with Crippen LogP contribution in [0.1, 0.15) is 15.9 Å². The van der Waals surface area contributed by atoms with E-state index in [0.717, 1.165) is 10.9 Å². The summed E-state index contributed by atoms with van der Waals surface area (Å²) < 4.78 is 0. The molecule has 0 spiro atoms. The van der Waals surface area contributed by atoms with E-state index >= 15 is 0 Å². The summed E-state index contributed by atoms with van der Waals surface area (Å²) in [6.45, 7) is 1.94. The third-order valence-electron chi connectivity index (χ3n) is 2.29. The smallest absolute Gasteiger partial charge is 0.250 e. The number of aromatic nitrogens is 1. The van der Waals surface area contributed by atoms with Crippen molar-refractivity contribution < 1.29 is 4.79 Å². The van der Waals surface area contributed by atoms with Gasteiger partial charge >= 0.3 is 0 Å². The Morgan fingerprint density at radius 1 is 1.47 bits per heavy atom. The summed E-state index contributed by atoms with van der Waals surface area (Å²) in [4.78, 5) is 15.3. The van der Waals surface area contributed by atoms with Gasteiger partial charge in [0.25, 0.3) is 5.91 Å². The molecule has 2 N–H and O–H groups in total. The number of aryl methyl sites for hydroxylation is 1. The topological polar surface area (TPSA) is 56.0 Å².